The van der Waals surface area contributed by atoms with E-state index in [0.717, 1.165) is 38.0 Å². The lowest BCUT2D eigenvalue weighted by Gasteiger charge is -2.10. The second-order valence-corrected chi connectivity index (χ2v) is 7.96. The van der Waals surface area contributed by atoms with Crippen LogP contribution in [0.5, 0.6) is 0 Å². The van der Waals surface area contributed by atoms with Crippen molar-refractivity contribution in [2.45, 2.75) is 19.8 Å². The normalized spacial score (nSPS) is 11.5. The SMILES string of the molecule is Cc1c(/C=N\N(C=O)CCc2cccc(N)n2)c2sc(Cc3cc[nH]n3)nc2n1C. The number of rotatable bonds is 8. The van der Waals surface area contributed by atoms with E-state index < -0.39 is 0 Å². The van der Waals surface area contributed by atoms with Crippen LogP contribution in [-0.2, 0) is 24.7 Å². The fourth-order valence-electron chi connectivity index (χ4n) is 3.17. The molecule has 0 aliphatic rings. The molecule has 0 saturated heterocycles. The van der Waals surface area contributed by atoms with E-state index >= 15 is 0 Å². The predicted molar refractivity (Wildman–Crippen MR) is 117 cm³/mol. The summed E-state index contributed by atoms with van der Waals surface area (Å²) in [4.78, 5) is 20.5. The Balaban J connectivity index is 1.53. The number of hydrogen-bond donors (Lipinski definition) is 2. The molecule has 0 spiro atoms. The molecule has 0 aliphatic carbocycles. The molecule has 4 aromatic rings. The number of aryl methyl sites for hydroxylation is 1. The van der Waals surface area contributed by atoms with Crippen LogP contribution in [0.2, 0.25) is 0 Å². The van der Waals surface area contributed by atoms with Gasteiger partial charge >= 0.3 is 0 Å². The number of carbonyl (C=O) groups excluding carboxylic acids is 1. The average molecular weight is 423 g/mol. The van der Waals surface area contributed by atoms with Crippen LogP contribution in [0.4, 0.5) is 5.82 Å². The van der Waals surface area contributed by atoms with E-state index in [0.29, 0.717) is 31.6 Å². The van der Waals surface area contributed by atoms with Gasteiger partial charge in [-0.25, -0.2) is 15.0 Å². The lowest BCUT2D eigenvalue weighted by atomic mass is 10.2. The average Bonchev–Trinajstić information content (AvgIpc) is 3.44. The Morgan fingerprint density at radius 3 is 2.90 bits per heavy atom. The van der Waals surface area contributed by atoms with Gasteiger partial charge in [0.1, 0.15) is 10.8 Å². The fourth-order valence-corrected chi connectivity index (χ4v) is 4.34. The first-order valence-electron chi connectivity index (χ1n) is 9.46. The van der Waals surface area contributed by atoms with Crippen molar-refractivity contribution in [1.29, 1.82) is 0 Å². The number of aromatic amines is 1. The molecule has 1 amide bonds. The number of nitrogens with two attached hydrogens (primary N) is 1. The van der Waals surface area contributed by atoms with Gasteiger partial charge in [-0.3, -0.25) is 9.89 Å². The van der Waals surface area contributed by atoms with Gasteiger partial charge in [0.2, 0.25) is 6.41 Å². The third-order valence-corrected chi connectivity index (χ3v) is 5.96. The maximum atomic E-state index is 11.5. The van der Waals surface area contributed by atoms with Crippen LogP contribution in [0, 0.1) is 6.92 Å². The first-order chi connectivity index (χ1) is 14.5. The second kappa shape index (κ2) is 8.46. The minimum absolute atomic E-state index is 0.415. The van der Waals surface area contributed by atoms with Crippen LogP contribution in [0.15, 0.2) is 35.6 Å². The molecule has 9 nitrogen and oxygen atoms in total. The monoisotopic (exact) mass is 422 g/mol. The Morgan fingerprint density at radius 1 is 1.30 bits per heavy atom. The molecular weight excluding hydrogens is 400 g/mol. The molecule has 0 bridgehead atoms. The maximum Gasteiger partial charge on any atom is 0.229 e. The number of anilines is 1. The van der Waals surface area contributed by atoms with Crippen LogP contribution in [0.3, 0.4) is 0 Å². The number of hydrogen-bond acceptors (Lipinski definition) is 7. The summed E-state index contributed by atoms with van der Waals surface area (Å²) in [6.07, 6.45) is 5.49. The van der Waals surface area contributed by atoms with E-state index in [1.54, 1.807) is 29.8 Å². The molecule has 3 N–H and O–H groups in total. The number of pyridine rings is 1. The van der Waals surface area contributed by atoms with Crippen molar-refractivity contribution in [3.63, 3.8) is 0 Å². The summed E-state index contributed by atoms with van der Waals surface area (Å²) in [5.74, 6) is 0.465. The Morgan fingerprint density at radius 2 is 2.17 bits per heavy atom. The van der Waals surface area contributed by atoms with Crippen molar-refractivity contribution in [3.8, 4) is 0 Å². The van der Waals surface area contributed by atoms with E-state index in [1.807, 2.05) is 36.7 Å². The first-order valence-corrected chi connectivity index (χ1v) is 10.3. The molecule has 0 radical (unpaired) electrons. The van der Waals surface area contributed by atoms with Gasteiger partial charge in [0.15, 0.2) is 5.65 Å². The number of nitrogens with one attached hydrogen (secondary N) is 1. The van der Waals surface area contributed by atoms with E-state index in [2.05, 4.69) is 20.3 Å². The zero-order valence-electron chi connectivity index (χ0n) is 16.7. The number of carbonyl (C=O) groups is 1. The fraction of sp³-hybridized carbons (Fsp3) is 0.250. The molecule has 0 saturated carbocycles. The molecule has 30 heavy (non-hydrogen) atoms. The van der Waals surface area contributed by atoms with Gasteiger partial charge in [0.05, 0.1) is 16.6 Å². The summed E-state index contributed by atoms with van der Waals surface area (Å²) in [5.41, 5.74) is 10.4. The molecule has 154 valence electrons. The maximum absolute atomic E-state index is 11.5. The van der Waals surface area contributed by atoms with Gasteiger partial charge in [-0.05, 0) is 25.1 Å². The van der Waals surface area contributed by atoms with Gasteiger partial charge in [-0.2, -0.15) is 10.2 Å². The van der Waals surface area contributed by atoms with Gasteiger partial charge in [-0.15, -0.1) is 11.3 Å². The van der Waals surface area contributed by atoms with E-state index in [4.69, 9.17) is 10.7 Å². The van der Waals surface area contributed by atoms with Crippen LogP contribution in [0.25, 0.3) is 10.3 Å². The molecule has 4 heterocycles. The highest BCUT2D eigenvalue weighted by Gasteiger charge is 2.17. The van der Waals surface area contributed by atoms with Crippen molar-refractivity contribution >= 4 is 40.1 Å². The molecule has 0 unspecified atom stereocenters. The molecule has 4 aromatic heterocycles. The third-order valence-electron chi connectivity index (χ3n) is 4.88. The molecule has 4 rings (SSSR count). The molecule has 10 heteroatoms. The summed E-state index contributed by atoms with van der Waals surface area (Å²) < 4.78 is 3.09. The molecular formula is C20H22N8OS. The summed E-state index contributed by atoms with van der Waals surface area (Å²) in [6, 6.07) is 7.40. The van der Waals surface area contributed by atoms with Crippen LogP contribution >= 0.6 is 11.3 Å². The minimum atomic E-state index is 0.415. The molecule has 0 fully saturated rings. The molecule has 0 atom stereocenters. The van der Waals surface area contributed by atoms with E-state index in [1.165, 1.54) is 5.01 Å². The lowest BCUT2D eigenvalue weighted by Crippen LogP contribution is -2.19. The number of amides is 1. The highest BCUT2D eigenvalue weighted by Crippen LogP contribution is 2.30. The topological polar surface area (TPSA) is 118 Å². The summed E-state index contributed by atoms with van der Waals surface area (Å²) in [5, 5.41) is 13.8. The van der Waals surface area contributed by atoms with Crippen LogP contribution in [0.1, 0.15) is 27.7 Å². The van der Waals surface area contributed by atoms with Gasteiger partial charge in [-0.1, -0.05) is 6.07 Å². The summed E-state index contributed by atoms with van der Waals surface area (Å²) in [7, 11) is 1.98. The third kappa shape index (κ3) is 4.08. The molecule has 0 aromatic carbocycles. The van der Waals surface area contributed by atoms with Gasteiger partial charge in [0.25, 0.3) is 0 Å². The number of nitrogen functional groups attached to an aromatic ring is 1. The van der Waals surface area contributed by atoms with Crippen molar-refractivity contribution in [1.82, 2.24) is 29.7 Å². The van der Waals surface area contributed by atoms with Crippen molar-refractivity contribution in [2.75, 3.05) is 12.3 Å². The quantitative estimate of drug-likeness (QED) is 0.257. The van der Waals surface area contributed by atoms with Crippen LogP contribution in [-0.4, -0.2) is 48.9 Å². The summed E-state index contributed by atoms with van der Waals surface area (Å²) in [6.45, 7) is 2.43. The van der Waals surface area contributed by atoms with Crippen molar-refractivity contribution in [2.24, 2.45) is 12.1 Å². The number of aromatic nitrogens is 5. The highest BCUT2D eigenvalue weighted by molar-refractivity contribution is 7.19. The Labute approximate surface area is 177 Å². The first kappa shape index (κ1) is 19.8. The lowest BCUT2D eigenvalue weighted by molar-refractivity contribution is -0.118. The number of hydrazone groups is 1. The van der Waals surface area contributed by atoms with Gasteiger partial charge < -0.3 is 10.3 Å². The number of fused-ring (bicyclic) bond motifs is 1. The van der Waals surface area contributed by atoms with E-state index in [-0.39, 0.29) is 0 Å². The Bertz CT molecular complexity index is 1190. The Kier molecular flexibility index (Phi) is 5.57. The van der Waals surface area contributed by atoms with Crippen LogP contribution < -0.4 is 5.73 Å². The largest absolute Gasteiger partial charge is 0.384 e. The zero-order valence-corrected chi connectivity index (χ0v) is 17.6. The van der Waals surface area contributed by atoms with Gasteiger partial charge in [0, 0.05) is 49.6 Å². The molecule has 0 aliphatic heterocycles. The standard InChI is InChI=1S/C20H22N8OS/c1-13-16(11-23-28(12-29)9-7-14-4-3-5-17(21)24-14)19-20(27(13)2)25-18(30-19)10-15-6-8-22-26-15/h3-6,8,11-12H,7,9-10H2,1-2H3,(H2,21,24)(H,22,26)/b23-11-. The van der Waals surface area contributed by atoms with Crippen molar-refractivity contribution < 1.29 is 4.79 Å². The van der Waals surface area contributed by atoms with E-state index in [9.17, 15) is 4.79 Å². The zero-order chi connectivity index (χ0) is 21.1. The number of H-pyrrole nitrogens is 1. The minimum Gasteiger partial charge on any atom is -0.384 e. The number of thiazole rings is 1. The Hall–Kier alpha value is -3.53. The highest BCUT2D eigenvalue weighted by atomic mass is 32.1. The summed E-state index contributed by atoms with van der Waals surface area (Å²) >= 11 is 1.62. The van der Waals surface area contributed by atoms with Crippen molar-refractivity contribution in [3.05, 3.63) is 58.1 Å². The number of nitrogens with zero attached hydrogens (tertiary/aromatic N) is 6. The second-order valence-electron chi connectivity index (χ2n) is 6.88. The predicted octanol–water partition coefficient (Wildman–Crippen LogP) is 2.27. The smallest absolute Gasteiger partial charge is 0.229 e.